The summed E-state index contributed by atoms with van der Waals surface area (Å²) in [7, 11) is 0. The van der Waals surface area contributed by atoms with E-state index in [1.165, 1.54) is 18.7 Å². The van der Waals surface area contributed by atoms with Crippen LogP contribution in [0.1, 0.15) is 43.0 Å². The Morgan fingerprint density at radius 3 is 2.82 bits per heavy atom. The van der Waals surface area contributed by atoms with Gasteiger partial charge >= 0.3 is 5.97 Å². The Morgan fingerprint density at radius 2 is 2.35 bits per heavy atom. The maximum absolute atomic E-state index is 11.0. The SMILES string of the molecule is CCC1(Nc2nccc(C(=O)O)c2N)CCC1. The molecule has 0 radical (unpaired) electrons. The summed E-state index contributed by atoms with van der Waals surface area (Å²) in [5.41, 5.74) is 6.20. The first-order valence-electron chi connectivity index (χ1n) is 5.84. The highest BCUT2D eigenvalue weighted by Gasteiger charge is 2.35. The van der Waals surface area contributed by atoms with Crippen molar-refractivity contribution in [2.24, 2.45) is 0 Å². The van der Waals surface area contributed by atoms with E-state index in [2.05, 4.69) is 17.2 Å². The fourth-order valence-corrected chi connectivity index (χ4v) is 2.18. The molecule has 0 amide bonds. The molecule has 1 aromatic rings. The van der Waals surface area contributed by atoms with Crippen LogP contribution < -0.4 is 11.1 Å². The highest BCUT2D eigenvalue weighted by Crippen LogP contribution is 2.38. The zero-order valence-electron chi connectivity index (χ0n) is 9.86. The van der Waals surface area contributed by atoms with Gasteiger partial charge in [-0.2, -0.15) is 0 Å². The van der Waals surface area contributed by atoms with Gasteiger partial charge in [0.05, 0.1) is 11.3 Å². The lowest BCUT2D eigenvalue weighted by Gasteiger charge is -2.42. The molecule has 5 heteroatoms. The average molecular weight is 235 g/mol. The number of carboxylic acids is 1. The highest BCUT2D eigenvalue weighted by molar-refractivity contribution is 5.96. The third-order valence-electron chi connectivity index (χ3n) is 3.59. The van der Waals surface area contributed by atoms with Gasteiger partial charge < -0.3 is 16.2 Å². The van der Waals surface area contributed by atoms with Gasteiger partial charge in [0.25, 0.3) is 0 Å². The molecule has 0 spiro atoms. The highest BCUT2D eigenvalue weighted by atomic mass is 16.4. The van der Waals surface area contributed by atoms with Gasteiger partial charge in [0, 0.05) is 11.7 Å². The van der Waals surface area contributed by atoms with Crippen LogP contribution >= 0.6 is 0 Å². The van der Waals surface area contributed by atoms with Crippen LogP contribution in [0.2, 0.25) is 0 Å². The normalized spacial score (nSPS) is 17.2. The number of pyridine rings is 1. The van der Waals surface area contributed by atoms with Crippen molar-refractivity contribution in [2.75, 3.05) is 11.1 Å². The van der Waals surface area contributed by atoms with E-state index in [4.69, 9.17) is 10.8 Å². The molecule has 2 rings (SSSR count). The van der Waals surface area contributed by atoms with Gasteiger partial charge in [0.15, 0.2) is 0 Å². The maximum atomic E-state index is 11.0. The molecule has 1 heterocycles. The Hall–Kier alpha value is -1.78. The van der Waals surface area contributed by atoms with Crippen LogP contribution in [0.25, 0.3) is 0 Å². The molecule has 0 saturated heterocycles. The van der Waals surface area contributed by atoms with E-state index >= 15 is 0 Å². The average Bonchev–Trinajstić information content (AvgIpc) is 2.25. The third-order valence-corrected chi connectivity index (χ3v) is 3.59. The number of aromatic nitrogens is 1. The molecule has 0 atom stereocenters. The van der Waals surface area contributed by atoms with Crippen molar-refractivity contribution >= 4 is 17.5 Å². The van der Waals surface area contributed by atoms with E-state index < -0.39 is 5.97 Å². The second-order valence-corrected chi connectivity index (χ2v) is 4.54. The van der Waals surface area contributed by atoms with Crippen LogP contribution in [0.3, 0.4) is 0 Å². The van der Waals surface area contributed by atoms with Gasteiger partial charge in [-0.15, -0.1) is 0 Å². The van der Waals surface area contributed by atoms with Crippen molar-refractivity contribution in [3.8, 4) is 0 Å². The standard InChI is InChI=1S/C12H17N3O2/c1-2-12(5-3-6-12)15-10-9(13)8(11(16)17)4-7-14-10/h4,7H,2-3,5-6,13H2,1H3,(H,14,15)(H,16,17). The maximum Gasteiger partial charge on any atom is 0.337 e. The number of nitrogen functional groups attached to an aromatic ring is 1. The van der Waals surface area contributed by atoms with Crippen molar-refractivity contribution < 1.29 is 9.90 Å². The quantitative estimate of drug-likeness (QED) is 0.743. The Labute approximate surface area is 100 Å². The number of anilines is 2. The van der Waals surface area contributed by atoms with Crippen LogP contribution in [0.15, 0.2) is 12.3 Å². The van der Waals surface area contributed by atoms with Gasteiger partial charge in [-0.05, 0) is 31.7 Å². The van der Waals surface area contributed by atoms with Crippen LogP contribution in [-0.4, -0.2) is 21.6 Å². The fourth-order valence-electron chi connectivity index (χ4n) is 2.18. The predicted octanol–water partition coefficient (Wildman–Crippen LogP) is 2.11. The zero-order valence-corrected chi connectivity index (χ0v) is 9.86. The summed E-state index contributed by atoms with van der Waals surface area (Å²) in [6.45, 7) is 2.11. The number of hydrogen-bond acceptors (Lipinski definition) is 4. The molecule has 1 aromatic heterocycles. The second-order valence-electron chi connectivity index (χ2n) is 4.54. The summed E-state index contributed by atoms with van der Waals surface area (Å²) in [6, 6.07) is 1.42. The monoisotopic (exact) mass is 235 g/mol. The fraction of sp³-hybridized carbons (Fsp3) is 0.500. The summed E-state index contributed by atoms with van der Waals surface area (Å²) in [6.07, 6.45) is 5.83. The molecule has 1 fully saturated rings. The molecule has 4 N–H and O–H groups in total. The van der Waals surface area contributed by atoms with Crippen molar-refractivity contribution in [1.82, 2.24) is 4.98 Å². The first-order chi connectivity index (χ1) is 8.08. The molecule has 0 unspecified atom stereocenters. The molecule has 92 valence electrons. The number of aromatic carboxylic acids is 1. The minimum absolute atomic E-state index is 0.0538. The summed E-state index contributed by atoms with van der Waals surface area (Å²) in [5.74, 6) is -0.529. The van der Waals surface area contributed by atoms with Crippen LogP contribution in [-0.2, 0) is 0 Å². The van der Waals surface area contributed by atoms with Crippen LogP contribution in [0.4, 0.5) is 11.5 Å². The number of nitrogens with two attached hydrogens (primary N) is 1. The van der Waals surface area contributed by atoms with Crippen molar-refractivity contribution in [3.05, 3.63) is 17.8 Å². The van der Waals surface area contributed by atoms with E-state index in [0.717, 1.165) is 19.3 Å². The molecule has 1 aliphatic carbocycles. The first-order valence-corrected chi connectivity index (χ1v) is 5.84. The van der Waals surface area contributed by atoms with E-state index in [-0.39, 0.29) is 16.8 Å². The lowest BCUT2D eigenvalue weighted by atomic mass is 9.75. The van der Waals surface area contributed by atoms with Crippen molar-refractivity contribution in [1.29, 1.82) is 0 Å². The zero-order chi connectivity index (χ0) is 12.5. The summed E-state index contributed by atoms with van der Waals surface area (Å²) in [4.78, 5) is 15.1. The molecule has 1 saturated carbocycles. The lowest BCUT2D eigenvalue weighted by molar-refractivity contribution is 0.0698. The Kier molecular flexibility index (Phi) is 2.92. The minimum atomic E-state index is -1.02. The smallest absolute Gasteiger partial charge is 0.337 e. The number of nitrogens with one attached hydrogen (secondary N) is 1. The summed E-state index contributed by atoms with van der Waals surface area (Å²) < 4.78 is 0. The Bertz CT molecular complexity index is 436. The largest absolute Gasteiger partial charge is 0.478 e. The molecule has 5 nitrogen and oxygen atoms in total. The van der Waals surface area contributed by atoms with E-state index in [1.807, 2.05) is 0 Å². The summed E-state index contributed by atoms with van der Waals surface area (Å²) >= 11 is 0. The van der Waals surface area contributed by atoms with E-state index in [0.29, 0.717) is 5.82 Å². The molecule has 0 bridgehead atoms. The topological polar surface area (TPSA) is 88.2 Å². The van der Waals surface area contributed by atoms with Gasteiger partial charge in [-0.25, -0.2) is 9.78 Å². The number of hydrogen-bond donors (Lipinski definition) is 3. The Balaban J connectivity index is 2.27. The molecular weight excluding hydrogens is 218 g/mol. The molecule has 0 aliphatic heterocycles. The molecule has 0 aromatic carbocycles. The van der Waals surface area contributed by atoms with Gasteiger partial charge in [0.1, 0.15) is 5.82 Å². The number of rotatable bonds is 4. The third kappa shape index (κ3) is 2.05. The summed E-state index contributed by atoms with van der Waals surface area (Å²) in [5, 5.41) is 12.3. The number of nitrogens with zero attached hydrogens (tertiary/aromatic N) is 1. The number of carbonyl (C=O) groups is 1. The minimum Gasteiger partial charge on any atom is -0.478 e. The van der Waals surface area contributed by atoms with Gasteiger partial charge in [0.2, 0.25) is 0 Å². The number of carboxylic acid groups (broad SMARTS) is 1. The van der Waals surface area contributed by atoms with E-state index in [1.54, 1.807) is 0 Å². The predicted molar refractivity (Wildman–Crippen MR) is 66.1 cm³/mol. The van der Waals surface area contributed by atoms with Gasteiger partial charge in [-0.1, -0.05) is 6.92 Å². The lowest BCUT2D eigenvalue weighted by Crippen LogP contribution is -2.44. The van der Waals surface area contributed by atoms with Crippen LogP contribution in [0.5, 0.6) is 0 Å². The Morgan fingerprint density at radius 1 is 1.65 bits per heavy atom. The molecular formula is C12H17N3O2. The second kappa shape index (κ2) is 4.24. The van der Waals surface area contributed by atoms with Gasteiger partial charge in [-0.3, -0.25) is 0 Å². The first kappa shape index (κ1) is 11.7. The molecule has 17 heavy (non-hydrogen) atoms. The van der Waals surface area contributed by atoms with Crippen LogP contribution in [0, 0.1) is 0 Å². The van der Waals surface area contributed by atoms with E-state index in [9.17, 15) is 4.79 Å². The molecule has 1 aliphatic rings. The van der Waals surface area contributed by atoms with Crippen molar-refractivity contribution in [2.45, 2.75) is 38.1 Å². The van der Waals surface area contributed by atoms with Crippen molar-refractivity contribution in [3.63, 3.8) is 0 Å².